The fourth-order valence-electron chi connectivity index (χ4n) is 3.29. The third kappa shape index (κ3) is 4.25. The van der Waals surface area contributed by atoms with Crippen molar-refractivity contribution in [3.8, 4) is 11.5 Å². The molecule has 0 aliphatic carbocycles. The van der Waals surface area contributed by atoms with Crippen LogP contribution >= 0.6 is 0 Å². The van der Waals surface area contributed by atoms with Crippen LogP contribution in [-0.2, 0) is 20.7 Å². The predicted molar refractivity (Wildman–Crippen MR) is 94.2 cm³/mol. The first-order chi connectivity index (χ1) is 12.3. The number of phenolic OH excluding ortho intramolecular Hbond substituents is 2. The third-order valence-corrected chi connectivity index (χ3v) is 4.83. The molecule has 0 aromatic heterocycles. The fourth-order valence-corrected chi connectivity index (χ4v) is 3.29. The summed E-state index contributed by atoms with van der Waals surface area (Å²) in [5.74, 6) is -1.42. The van der Waals surface area contributed by atoms with Crippen LogP contribution in [0.4, 0.5) is 0 Å². The van der Waals surface area contributed by atoms with Crippen LogP contribution in [0.25, 0.3) is 0 Å². The number of hydrogen-bond acceptors (Lipinski definition) is 6. The molecule has 2 heterocycles. The number of epoxide rings is 1. The minimum Gasteiger partial charge on any atom is -0.508 e. The quantitative estimate of drug-likeness (QED) is 0.590. The number of esters is 1. The second-order valence-electron chi connectivity index (χ2n) is 7.26. The van der Waals surface area contributed by atoms with Gasteiger partial charge in [-0.3, -0.25) is 4.79 Å². The minimum absolute atomic E-state index is 0.0510. The van der Waals surface area contributed by atoms with Gasteiger partial charge in [-0.2, -0.15) is 0 Å². The van der Waals surface area contributed by atoms with Crippen LogP contribution in [0.5, 0.6) is 11.5 Å². The Balaban J connectivity index is 1.95. The molecule has 1 aromatic carbocycles. The largest absolute Gasteiger partial charge is 0.508 e. The summed E-state index contributed by atoms with van der Waals surface area (Å²) in [6, 6.07) is 2.40. The third-order valence-electron chi connectivity index (χ3n) is 4.83. The summed E-state index contributed by atoms with van der Waals surface area (Å²) >= 11 is 0. The zero-order valence-electron chi connectivity index (χ0n) is 15.0. The summed E-state index contributed by atoms with van der Waals surface area (Å²) in [6.45, 7) is 3.92. The van der Waals surface area contributed by atoms with Gasteiger partial charge in [-0.15, -0.1) is 0 Å². The highest BCUT2D eigenvalue weighted by molar-refractivity contribution is 5.98. The van der Waals surface area contributed by atoms with Gasteiger partial charge in [0.15, 0.2) is 5.78 Å². The van der Waals surface area contributed by atoms with Crippen LogP contribution in [-0.4, -0.2) is 40.3 Å². The molecule has 2 aliphatic heterocycles. The number of cyclic esters (lactones) is 1. The Morgan fingerprint density at radius 2 is 1.92 bits per heavy atom. The van der Waals surface area contributed by atoms with E-state index < -0.39 is 11.7 Å². The van der Waals surface area contributed by atoms with Crippen molar-refractivity contribution in [3.05, 3.63) is 35.4 Å². The molecular weight excluding hydrogens is 336 g/mol. The van der Waals surface area contributed by atoms with Gasteiger partial charge in [0, 0.05) is 18.9 Å². The van der Waals surface area contributed by atoms with E-state index in [0.717, 1.165) is 18.9 Å². The van der Waals surface area contributed by atoms with Gasteiger partial charge < -0.3 is 19.7 Å². The highest BCUT2D eigenvalue weighted by Crippen LogP contribution is 2.34. The molecule has 0 amide bonds. The van der Waals surface area contributed by atoms with Gasteiger partial charge in [0.2, 0.25) is 0 Å². The molecule has 0 spiro atoms. The first-order valence-electron chi connectivity index (χ1n) is 8.95. The van der Waals surface area contributed by atoms with E-state index in [-0.39, 0.29) is 53.3 Å². The monoisotopic (exact) mass is 360 g/mol. The first kappa shape index (κ1) is 18.5. The smallest absolute Gasteiger partial charge is 0.342 e. The van der Waals surface area contributed by atoms with E-state index in [2.05, 4.69) is 0 Å². The van der Waals surface area contributed by atoms with Gasteiger partial charge in [-0.25, -0.2) is 4.79 Å². The highest BCUT2D eigenvalue weighted by atomic mass is 16.6. The molecule has 6 nitrogen and oxygen atoms in total. The maximum absolute atomic E-state index is 12.7. The number of aromatic hydroxyl groups is 2. The summed E-state index contributed by atoms with van der Waals surface area (Å²) < 4.78 is 11.3. The summed E-state index contributed by atoms with van der Waals surface area (Å²) in [4.78, 5) is 24.9. The summed E-state index contributed by atoms with van der Waals surface area (Å²) in [5.41, 5.74) is 0.183. The number of ether oxygens (including phenoxy) is 2. The maximum Gasteiger partial charge on any atom is 0.342 e. The Morgan fingerprint density at radius 3 is 2.65 bits per heavy atom. The van der Waals surface area contributed by atoms with Gasteiger partial charge in [0.1, 0.15) is 23.2 Å². The zero-order chi connectivity index (χ0) is 18.8. The number of rotatable bonds is 1. The zero-order valence-corrected chi connectivity index (χ0v) is 15.0. The van der Waals surface area contributed by atoms with Crippen LogP contribution in [0.3, 0.4) is 0 Å². The van der Waals surface area contributed by atoms with Gasteiger partial charge in [-0.1, -0.05) is 19.9 Å². The molecular formula is C20H24O6. The SMILES string of the molecule is CC(C)[C@@H]1C[C@@H]2O[C@H]2CCC=CC(=O)Cc2cc(O)cc(O)c2C(=O)O1. The first-order valence-corrected chi connectivity index (χ1v) is 8.95. The number of allylic oxidation sites excluding steroid dienone is 2. The fraction of sp³-hybridized carbons (Fsp3) is 0.500. The lowest BCUT2D eigenvalue weighted by Crippen LogP contribution is -2.26. The molecule has 140 valence electrons. The molecule has 1 saturated heterocycles. The summed E-state index contributed by atoms with van der Waals surface area (Å²) in [7, 11) is 0. The Morgan fingerprint density at radius 1 is 1.15 bits per heavy atom. The van der Waals surface area contributed by atoms with Crippen molar-refractivity contribution in [1.82, 2.24) is 0 Å². The van der Waals surface area contributed by atoms with Crippen molar-refractivity contribution >= 4 is 11.8 Å². The van der Waals surface area contributed by atoms with E-state index >= 15 is 0 Å². The molecule has 0 radical (unpaired) electrons. The number of carbonyl (C=O) groups is 2. The average Bonchev–Trinajstić information content (AvgIpc) is 3.27. The molecule has 6 heteroatoms. The van der Waals surface area contributed by atoms with E-state index in [4.69, 9.17) is 9.47 Å². The second kappa shape index (κ2) is 7.50. The number of carbonyl (C=O) groups excluding carboxylic acids is 2. The van der Waals surface area contributed by atoms with Crippen LogP contribution in [0.2, 0.25) is 0 Å². The van der Waals surface area contributed by atoms with E-state index in [1.54, 1.807) is 6.08 Å². The van der Waals surface area contributed by atoms with Crippen molar-refractivity contribution in [2.45, 2.75) is 57.8 Å². The van der Waals surface area contributed by atoms with Gasteiger partial charge in [-0.05, 0) is 36.5 Å². The Bertz CT molecular complexity index is 736. The van der Waals surface area contributed by atoms with E-state index in [9.17, 15) is 19.8 Å². The minimum atomic E-state index is -0.692. The lowest BCUT2D eigenvalue weighted by atomic mass is 9.97. The van der Waals surface area contributed by atoms with E-state index in [1.807, 2.05) is 13.8 Å². The molecule has 0 saturated carbocycles. The Hall–Kier alpha value is -2.34. The maximum atomic E-state index is 12.7. The highest BCUT2D eigenvalue weighted by Gasteiger charge is 2.41. The normalized spacial score (nSPS) is 26.7. The van der Waals surface area contributed by atoms with Crippen molar-refractivity contribution in [2.24, 2.45) is 5.92 Å². The van der Waals surface area contributed by atoms with Gasteiger partial charge in [0.25, 0.3) is 0 Å². The number of phenols is 2. The molecule has 0 bridgehead atoms. The van der Waals surface area contributed by atoms with E-state index in [0.29, 0.717) is 6.42 Å². The summed E-state index contributed by atoms with van der Waals surface area (Å²) in [5, 5.41) is 19.9. The molecule has 2 N–H and O–H groups in total. The van der Waals surface area contributed by atoms with Crippen molar-refractivity contribution in [2.75, 3.05) is 0 Å². The topological polar surface area (TPSA) is 96.4 Å². The lowest BCUT2D eigenvalue weighted by Gasteiger charge is -2.22. The number of benzene rings is 1. The second-order valence-corrected chi connectivity index (χ2v) is 7.26. The lowest BCUT2D eigenvalue weighted by molar-refractivity contribution is -0.114. The van der Waals surface area contributed by atoms with Crippen molar-refractivity contribution in [3.63, 3.8) is 0 Å². The number of fused-ring (bicyclic) bond motifs is 2. The molecule has 1 fully saturated rings. The van der Waals surface area contributed by atoms with Crippen LogP contribution in [0, 0.1) is 5.92 Å². The molecule has 26 heavy (non-hydrogen) atoms. The van der Waals surface area contributed by atoms with Crippen LogP contribution < -0.4 is 0 Å². The number of hydrogen-bond donors (Lipinski definition) is 2. The molecule has 3 atom stereocenters. The summed E-state index contributed by atoms with van der Waals surface area (Å²) in [6.07, 6.45) is 5.16. The van der Waals surface area contributed by atoms with Crippen LogP contribution in [0.1, 0.15) is 49.0 Å². The van der Waals surface area contributed by atoms with E-state index in [1.165, 1.54) is 12.1 Å². The Kier molecular flexibility index (Phi) is 5.32. The number of ketones is 1. The predicted octanol–water partition coefficient (Wildman–Crippen LogP) is 2.90. The van der Waals surface area contributed by atoms with Gasteiger partial charge in [0.05, 0.1) is 12.2 Å². The molecule has 1 aromatic rings. The Labute approximate surface area is 152 Å². The molecule has 0 unspecified atom stereocenters. The standard InChI is InChI=1S/C20H24O6/c1-11(2)17-10-18-16(25-18)6-4-3-5-13(21)7-12-8-14(22)9-15(23)19(12)20(24)26-17/h3,5,8-9,11,16-18,22-23H,4,6-7,10H2,1-2H3/t16-,17-,18-/m0/s1. The molecule has 2 aliphatic rings. The van der Waals surface area contributed by atoms with Crippen LogP contribution in [0.15, 0.2) is 24.3 Å². The van der Waals surface area contributed by atoms with Crippen molar-refractivity contribution < 1.29 is 29.3 Å². The molecule has 3 rings (SSSR count). The van der Waals surface area contributed by atoms with Gasteiger partial charge >= 0.3 is 5.97 Å². The average molecular weight is 360 g/mol. The van der Waals surface area contributed by atoms with Crippen molar-refractivity contribution in [1.29, 1.82) is 0 Å².